The minimum absolute atomic E-state index is 0.0944. The molecule has 0 radical (unpaired) electrons. The van der Waals surface area contributed by atoms with E-state index in [1.165, 1.54) is 6.07 Å². The number of benzene rings is 1. The molecule has 0 aliphatic carbocycles. The van der Waals surface area contributed by atoms with Crippen LogP contribution in [0.2, 0.25) is 0 Å². The van der Waals surface area contributed by atoms with Gasteiger partial charge in [-0.1, -0.05) is 46.1 Å². The maximum absolute atomic E-state index is 14.2. The number of nitrogens with zero attached hydrogens (tertiary/aromatic N) is 3. The van der Waals surface area contributed by atoms with Gasteiger partial charge < -0.3 is 10.3 Å². The molecule has 7 heteroatoms. The first-order chi connectivity index (χ1) is 19.1. The van der Waals surface area contributed by atoms with Crippen LogP contribution in [0.3, 0.4) is 0 Å². The van der Waals surface area contributed by atoms with Crippen LogP contribution in [0.4, 0.5) is 4.39 Å². The second-order valence-electron chi connectivity index (χ2n) is 10.9. The van der Waals surface area contributed by atoms with Crippen LogP contribution in [0.15, 0.2) is 91.4 Å². The Kier molecular flexibility index (Phi) is 6.98. The van der Waals surface area contributed by atoms with E-state index in [0.717, 1.165) is 61.5 Å². The van der Waals surface area contributed by atoms with E-state index in [9.17, 15) is 4.39 Å². The second kappa shape index (κ2) is 10.4. The highest BCUT2D eigenvalue weighted by molar-refractivity contribution is 5.99. The number of fused-ring (bicyclic) bond motifs is 2. The van der Waals surface area contributed by atoms with E-state index >= 15 is 0 Å². The van der Waals surface area contributed by atoms with E-state index in [2.05, 4.69) is 59.4 Å². The summed E-state index contributed by atoms with van der Waals surface area (Å²) >= 11 is 0. The van der Waals surface area contributed by atoms with Gasteiger partial charge in [-0.3, -0.25) is 5.10 Å². The number of H-pyrrole nitrogens is 2. The molecular formula is C33H33FN6. The molecule has 0 saturated carbocycles. The van der Waals surface area contributed by atoms with Crippen molar-refractivity contribution in [2.75, 3.05) is 0 Å². The molecule has 4 aromatic heterocycles. The molecule has 0 aliphatic rings. The maximum Gasteiger partial charge on any atom is 0.138 e. The van der Waals surface area contributed by atoms with Gasteiger partial charge >= 0.3 is 0 Å². The molecule has 0 amide bonds. The number of aryl methyl sites for hydroxylation is 1. The quantitative estimate of drug-likeness (QED) is 0.184. The summed E-state index contributed by atoms with van der Waals surface area (Å²) in [7, 11) is 0. The third kappa shape index (κ3) is 5.23. The van der Waals surface area contributed by atoms with Gasteiger partial charge in [-0.05, 0) is 84.7 Å². The molecule has 0 atom stereocenters. The summed E-state index contributed by atoms with van der Waals surface area (Å²) in [5.74, 6) is -0.267. The van der Waals surface area contributed by atoms with Gasteiger partial charge in [0, 0.05) is 28.4 Å². The van der Waals surface area contributed by atoms with Crippen LogP contribution in [0.5, 0.6) is 0 Å². The molecule has 4 heterocycles. The van der Waals surface area contributed by atoms with Crippen molar-refractivity contribution in [1.82, 2.24) is 30.5 Å². The van der Waals surface area contributed by atoms with Gasteiger partial charge in [-0.2, -0.15) is 5.10 Å². The summed E-state index contributed by atoms with van der Waals surface area (Å²) in [6.45, 7) is 18.3. The van der Waals surface area contributed by atoms with Crippen LogP contribution in [0.25, 0.3) is 50.2 Å². The molecule has 0 bridgehead atoms. The first kappa shape index (κ1) is 26.8. The smallest absolute Gasteiger partial charge is 0.138 e. The molecule has 0 spiro atoms. The van der Waals surface area contributed by atoms with Crippen molar-refractivity contribution in [2.24, 2.45) is 5.41 Å². The topological polar surface area (TPSA) is 82.3 Å². The van der Waals surface area contributed by atoms with Crippen molar-refractivity contribution in [3.05, 3.63) is 109 Å². The zero-order valence-electron chi connectivity index (χ0n) is 23.5. The van der Waals surface area contributed by atoms with E-state index in [0.29, 0.717) is 11.3 Å². The Morgan fingerprint density at radius 1 is 1.10 bits per heavy atom. The molecule has 202 valence electrons. The Morgan fingerprint density at radius 3 is 2.60 bits per heavy atom. The summed E-state index contributed by atoms with van der Waals surface area (Å²) in [5, 5.41) is 11.9. The van der Waals surface area contributed by atoms with Crippen molar-refractivity contribution in [3.8, 4) is 22.5 Å². The highest BCUT2D eigenvalue weighted by atomic mass is 19.1. The first-order valence-electron chi connectivity index (χ1n) is 13.2. The van der Waals surface area contributed by atoms with E-state index < -0.39 is 0 Å². The van der Waals surface area contributed by atoms with Crippen LogP contribution in [0, 0.1) is 18.2 Å². The third-order valence-corrected chi connectivity index (χ3v) is 6.89. The van der Waals surface area contributed by atoms with Crippen molar-refractivity contribution < 1.29 is 4.39 Å². The molecule has 5 aromatic rings. The number of rotatable bonds is 7. The Morgan fingerprint density at radius 2 is 1.90 bits per heavy atom. The van der Waals surface area contributed by atoms with Gasteiger partial charge in [0.15, 0.2) is 0 Å². The number of hydrogen-bond donors (Lipinski definition) is 3. The van der Waals surface area contributed by atoms with Crippen molar-refractivity contribution in [1.29, 1.82) is 0 Å². The maximum atomic E-state index is 14.2. The van der Waals surface area contributed by atoms with Crippen molar-refractivity contribution in [3.63, 3.8) is 0 Å². The fourth-order valence-electron chi connectivity index (χ4n) is 4.53. The van der Waals surface area contributed by atoms with E-state index in [1.54, 1.807) is 18.3 Å². The Labute approximate surface area is 233 Å². The lowest BCUT2D eigenvalue weighted by Gasteiger charge is -2.23. The van der Waals surface area contributed by atoms with E-state index in [-0.39, 0.29) is 11.2 Å². The molecule has 0 aliphatic heterocycles. The molecule has 40 heavy (non-hydrogen) atoms. The van der Waals surface area contributed by atoms with Crippen LogP contribution in [0.1, 0.15) is 39.0 Å². The number of aromatic amines is 2. The van der Waals surface area contributed by atoms with Gasteiger partial charge in [0.1, 0.15) is 22.7 Å². The lowest BCUT2D eigenvalue weighted by molar-refractivity contribution is 0.478. The molecule has 0 fully saturated rings. The average Bonchev–Trinajstić information content (AvgIpc) is 3.53. The molecule has 1 aromatic carbocycles. The number of pyridine rings is 2. The minimum atomic E-state index is -0.267. The van der Waals surface area contributed by atoms with E-state index in [4.69, 9.17) is 4.98 Å². The lowest BCUT2D eigenvalue weighted by Crippen LogP contribution is -2.22. The lowest BCUT2D eigenvalue weighted by atomic mass is 9.92. The molecule has 5 rings (SSSR count). The van der Waals surface area contributed by atoms with Crippen LogP contribution in [-0.2, 0) is 0 Å². The number of nitrogens with one attached hydrogen (secondary N) is 3. The van der Waals surface area contributed by atoms with Gasteiger partial charge in [-0.25, -0.2) is 14.4 Å². The fourth-order valence-corrected chi connectivity index (χ4v) is 4.53. The largest absolute Gasteiger partial charge is 0.359 e. The van der Waals surface area contributed by atoms with Crippen molar-refractivity contribution >= 4 is 27.6 Å². The summed E-state index contributed by atoms with van der Waals surface area (Å²) in [5.41, 5.74) is 9.61. The molecule has 0 saturated heterocycles. The Hall–Kier alpha value is -4.78. The van der Waals surface area contributed by atoms with Gasteiger partial charge in [0.05, 0.1) is 16.9 Å². The highest BCUT2D eigenvalue weighted by Gasteiger charge is 2.18. The molecule has 3 N–H and O–H groups in total. The predicted molar refractivity (Wildman–Crippen MR) is 163 cm³/mol. The summed E-state index contributed by atoms with van der Waals surface area (Å²) in [4.78, 5) is 12.9. The van der Waals surface area contributed by atoms with Gasteiger partial charge in [0.2, 0.25) is 0 Å². The van der Waals surface area contributed by atoms with Gasteiger partial charge in [-0.15, -0.1) is 0 Å². The molecule has 0 unspecified atom stereocenters. The fraction of sp³-hybridized carbons (Fsp3) is 0.182. The standard InChI is InChI=1S/C33H33FN6/c1-8-21(17-24(9-2)36-20(4)33(5,6)7)27-10-11-28-30(37-27)31(40-39-28)29-18-26-25(12-13-35-32(26)38-29)22-14-19(3)15-23(34)16-22/h8-18,36H,2,4H2,1,3,5-7H3,(H,35,38)(H,39,40)/b21-8+,24-17+. The molecule has 6 nitrogen and oxygen atoms in total. The predicted octanol–water partition coefficient (Wildman–Crippen LogP) is 8.24. The van der Waals surface area contributed by atoms with E-state index in [1.807, 2.05) is 56.3 Å². The van der Waals surface area contributed by atoms with Crippen LogP contribution in [-0.4, -0.2) is 25.1 Å². The van der Waals surface area contributed by atoms with Crippen LogP contribution >= 0.6 is 0 Å². The summed E-state index contributed by atoms with van der Waals surface area (Å²) in [6, 6.07) is 12.9. The zero-order chi connectivity index (χ0) is 28.6. The van der Waals surface area contributed by atoms with Crippen molar-refractivity contribution in [2.45, 2.75) is 34.6 Å². The molecular weight excluding hydrogens is 499 g/mol. The summed E-state index contributed by atoms with van der Waals surface area (Å²) < 4.78 is 14.2. The SMILES string of the molecule is C=C/C(=C\C(=C/C)c1ccc2[nH]nc(-c3cc4c(-c5cc(C)cc(F)c5)ccnc4[nH]3)c2n1)NC(=C)C(C)(C)C. The zero-order valence-corrected chi connectivity index (χ0v) is 23.5. The number of hydrogen-bond acceptors (Lipinski definition) is 4. The van der Waals surface area contributed by atoms with Crippen LogP contribution < -0.4 is 5.32 Å². The van der Waals surface area contributed by atoms with Gasteiger partial charge in [0.25, 0.3) is 0 Å². The first-order valence-corrected chi connectivity index (χ1v) is 13.2. The summed E-state index contributed by atoms with van der Waals surface area (Å²) in [6.07, 6.45) is 7.52. The Balaban J connectivity index is 1.56. The average molecular weight is 533 g/mol. The third-order valence-electron chi connectivity index (χ3n) is 6.89. The highest BCUT2D eigenvalue weighted by Crippen LogP contribution is 2.34. The monoisotopic (exact) mass is 532 g/mol. The normalized spacial score (nSPS) is 12.8. The number of allylic oxidation sites excluding steroid dienone is 5. The number of aromatic nitrogens is 5. The number of halogens is 1. The second-order valence-corrected chi connectivity index (χ2v) is 10.9. The minimum Gasteiger partial charge on any atom is -0.359 e. The Bertz CT molecular complexity index is 1810.